The first-order valence-electron chi connectivity index (χ1n) is 6.32. The molecule has 1 aliphatic carbocycles. The summed E-state index contributed by atoms with van der Waals surface area (Å²) in [6, 6.07) is 8.53. The van der Waals surface area contributed by atoms with Crippen molar-refractivity contribution in [3.8, 4) is 0 Å². The molecule has 0 spiro atoms. The zero-order valence-electron chi connectivity index (χ0n) is 10.2. The van der Waals surface area contributed by atoms with Gasteiger partial charge in [-0.1, -0.05) is 31.2 Å². The molecular weight excluding hydrogens is 196 g/mol. The van der Waals surface area contributed by atoms with Gasteiger partial charge in [-0.15, -0.1) is 0 Å². The fourth-order valence-corrected chi connectivity index (χ4v) is 2.12. The van der Waals surface area contributed by atoms with Gasteiger partial charge in [0, 0.05) is 19.6 Å². The van der Waals surface area contributed by atoms with Crippen molar-refractivity contribution in [2.45, 2.75) is 32.9 Å². The Morgan fingerprint density at radius 3 is 2.50 bits per heavy atom. The van der Waals surface area contributed by atoms with Gasteiger partial charge in [0.2, 0.25) is 0 Å². The topological polar surface area (TPSA) is 29.3 Å². The molecule has 0 aromatic heterocycles. The van der Waals surface area contributed by atoms with Gasteiger partial charge in [0.25, 0.3) is 0 Å². The van der Waals surface area contributed by atoms with E-state index < -0.39 is 0 Å². The van der Waals surface area contributed by atoms with E-state index in [9.17, 15) is 0 Å². The molecule has 1 aliphatic rings. The van der Waals surface area contributed by atoms with Crippen LogP contribution in [0, 0.1) is 5.92 Å². The van der Waals surface area contributed by atoms with Gasteiger partial charge in [-0.3, -0.25) is 4.90 Å². The number of hydrogen-bond acceptors (Lipinski definition) is 2. The summed E-state index contributed by atoms with van der Waals surface area (Å²) in [6.07, 6.45) is 2.85. The maximum atomic E-state index is 5.76. The average Bonchev–Trinajstić information content (AvgIpc) is 3.13. The molecule has 1 aromatic rings. The number of hydrogen-bond donors (Lipinski definition) is 1. The van der Waals surface area contributed by atoms with E-state index in [1.54, 1.807) is 0 Å². The molecule has 1 aromatic carbocycles. The largest absolute Gasteiger partial charge is 0.326 e. The Kier molecular flexibility index (Phi) is 3.97. The lowest BCUT2D eigenvalue weighted by atomic mass is 10.1. The van der Waals surface area contributed by atoms with Crippen LogP contribution in [0.4, 0.5) is 0 Å². The Labute approximate surface area is 98.4 Å². The standard InChI is InChI=1S/C14H22N2/c1-2-16(10-12-7-8-12)11-14-6-4-3-5-13(14)9-15/h3-6,12H,2,7-11,15H2,1H3. The molecule has 2 heteroatoms. The zero-order chi connectivity index (χ0) is 11.4. The molecule has 2 N–H and O–H groups in total. The van der Waals surface area contributed by atoms with Gasteiger partial charge in [0.15, 0.2) is 0 Å². The molecule has 1 fully saturated rings. The number of nitrogens with two attached hydrogens (primary N) is 1. The Hall–Kier alpha value is -0.860. The lowest BCUT2D eigenvalue weighted by Gasteiger charge is -2.21. The van der Waals surface area contributed by atoms with Gasteiger partial charge >= 0.3 is 0 Å². The SMILES string of the molecule is CCN(Cc1ccccc1CN)CC1CC1. The third kappa shape index (κ3) is 3.06. The molecular formula is C14H22N2. The Balaban J connectivity index is 1.99. The second kappa shape index (κ2) is 5.46. The van der Waals surface area contributed by atoms with Crippen LogP contribution in [0.2, 0.25) is 0 Å². The molecule has 0 aliphatic heterocycles. The van der Waals surface area contributed by atoms with Crippen LogP contribution in [-0.2, 0) is 13.1 Å². The minimum absolute atomic E-state index is 0.650. The summed E-state index contributed by atoms with van der Waals surface area (Å²) < 4.78 is 0. The minimum Gasteiger partial charge on any atom is -0.326 e. The van der Waals surface area contributed by atoms with Crippen LogP contribution in [0.3, 0.4) is 0 Å². The van der Waals surface area contributed by atoms with Gasteiger partial charge in [-0.05, 0) is 36.4 Å². The molecule has 0 unspecified atom stereocenters. The second-order valence-corrected chi connectivity index (χ2v) is 4.74. The van der Waals surface area contributed by atoms with Gasteiger partial charge in [-0.2, -0.15) is 0 Å². The highest BCUT2D eigenvalue weighted by Gasteiger charge is 2.23. The maximum Gasteiger partial charge on any atom is 0.0236 e. The summed E-state index contributed by atoms with van der Waals surface area (Å²) in [5.74, 6) is 0.963. The van der Waals surface area contributed by atoms with Gasteiger partial charge in [0.05, 0.1) is 0 Å². The number of nitrogens with zero attached hydrogens (tertiary/aromatic N) is 1. The van der Waals surface area contributed by atoms with E-state index in [-0.39, 0.29) is 0 Å². The summed E-state index contributed by atoms with van der Waals surface area (Å²) in [5.41, 5.74) is 8.45. The Morgan fingerprint density at radius 2 is 1.94 bits per heavy atom. The van der Waals surface area contributed by atoms with E-state index >= 15 is 0 Å². The second-order valence-electron chi connectivity index (χ2n) is 4.74. The van der Waals surface area contributed by atoms with Crippen LogP contribution >= 0.6 is 0 Å². The quantitative estimate of drug-likeness (QED) is 0.794. The first-order valence-corrected chi connectivity index (χ1v) is 6.32. The third-order valence-electron chi connectivity index (χ3n) is 3.39. The van der Waals surface area contributed by atoms with Crippen molar-refractivity contribution in [3.63, 3.8) is 0 Å². The summed E-state index contributed by atoms with van der Waals surface area (Å²) >= 11 is 0. The molecule has 0 saturated heterocycles. The minimum atomic E-state index is 0.650. The molecule has 88 valence electrons. The molecule has 0 atom stereocenters. The number of benzene rings is 1. The summed E-state index contributed by atoms with van der Waals surface area (Å²) in [6.45, 7) is 6.34. The van der Waals surface area contributed by atoms with E-state index in [1.165, 1.54) is 30.5 Å². The highest BCUT2D eigenvalue weighted by atomic mass is 15.1. The first kappa shape index (κ1) is 11.6. The lowest BCUT2D eigenvalue weighted by Crippen LogP contribution is -2.26. The molecule has 2 nitrogen and oxygen atoms in total. The Morgan fingerprint density at radius 1 is 1.25 bits per heavy atom. The van der Waals surface area contributed by atoms with E-state index in [4.69, 9.17) is 5.73 Å². The molecule has 0 bridgehead atoms. The summed E-state index contributed by atoms with van der Waals surface area (Å²) in [5, 5.41) is 0. The molecule has 2 rings (SSSR count). The molecule has 1 saturated carbocycles. The van der Waals surface area contributed by atoms with Crippen molar-refractivity contribution in [3.05, 3.63) is 35.4 Å². The Bertz CT molecular complexity index is 331. The normalized spacial score (nSPS) is 15.7. The molecule has 0 heterocycles. The predicted molar refractivity (Wildman–Crippen MR) is 68.0 cm³/mol. The van der Waals surface area contributed by atoms with Crippen molar-refractivity contribution in [2.24, 2.45) is 11.7 Å². The van der Waals surface area contributed by atoms with E-state index in [2.05, 4.69) is 36.1 Å². The van der Waals surface area contributed by atoms with Crippen LogP contribution in [0.5, 0.6) is 0 Å². The van der Waals surface area contributed by atoms with Crippen LogP contribution in [0.15, 0.2) is 24.3 Å². The highest BCUT2D eigenvalue weighted by Crippen LogP contribution is 2.30. The van der Waals surface area contributed by atoms with Crippen LogP contribution in [0.25, 0.3) is 0 Å². The predicted octanol–water partition coefficient (Wildman–Crippen LogP) is 2.38. The molecule has 0 amide bonds. The maximum absolute atomic E-state index is 5.76. The van der Waals surface area contributed by atoms with Crippen LogP contribution in [0.1, 0.15) is 30.9 Å². The van der Waals surface area contributed by atoms with Gasteiger partial charge in [0.1, 0.15) is 0 Å². The summed E-state index contributed by atoms with van der Waals surface area (Å²) in [7, 11) is 0. The van der Waals surface area contributed by atoms with Crippen molar-refractivity contribution in [1.29, 1.82) is 0 Å². The van der Waals surface area contributed by atoms with E-state index in [0.717, 1.165) is 19.0 Å². The summed E-state index contributed by atoms with van der Waals surface area (Å²) in [4.78, 5) is 2.53. The van der Waals surface area contributed by atoms with Gasteiger partial charge in [-0.25, -0.2) is 0 Å². The first-order chi connectivity index (χ1) is 7.83. The highest BCUT2D eigenvalue weighted by molar-refractivity contribution is 5.26. The zero-order valence-corrected chi connectivity index (χ0v) is 10.2. The van der Waals surface area contributed by atoms with Crippen molar-refractivity contribution >= 4 is 0 Å². The average molecular weight is 218 g/mol. The smallest absolute Gasteiger partial charge is 0.0236 e. The lowest BCUT2D eigenvalue weighted by molar-refractivity contribution is 0.267. The van der Waals surface area contributed by atoms with Crippen molar-refractivity contribution in [1.82, 2.24) is 4.90 Å². The third-order valence-corrected chi connectivity index (χ3v) is 3.39. The van der Waals surface area contributed by atoms with Crippen molar-refractivity contribution < 1.29 is 0 Å². The van der Waals surface area contributed by atoms with Crippen LogP contribution in [-0.4, -0.2) is 18.0 Å². The fourth-order valence-electron chi connectivity index (χ4n) is 2.12. The van der Waals surface area contributed by atoms with Gasteiger partial charge < -0.3 is 5.73 Å². The molecule has 16 heavy (non-hydrogen) atoms. The monoisotopic (exact) mass is 218 g/mol. The van der Waals surface area contributed by atoms with E-state index in [0.29, 0.717) is 6.54 Å². The van der Waals surface area contributed by atoms with Crippen molar-refractivity contribution in [2.75, 3.05) is 13.1 Å². The fraction of sp³-hybridized carbons (Fsp3) is 0.571. The van der Waals surface area contributed by atoms with E-state index in [1.807, 2.05) is 0 Å². The van der Waals surface area contributed by atoms with Crippen LogP contribution < -0.4 is 5.73 Å². The molecule has 0 radical (unpaired) electrons. The number of rotatable bonds is 6.